The number of nitrogens with one attached hydrogen (secondary N) is 2. The quantitative estimate of drug-likeness (QED) is 0.372. The Morgan fingerprint density at radius 1 is 0.867 bits per heavy atom. The highest BCUT2D eigenvalue weighted by Gasteiger charge is 2.15. The molecule has 0 aliphatic carbocycles. The van der Waals surface area contributed by atoms with Gasteiger partial charge in [0.15, 0.2) is 11.5 Å². The van der Waals surface area contributed by atoms with E-state index in [0.717, 1.165) is 15.6 Å². The third-order valence-electron chi connectivity index (χ3n) is 4.45. The molecule has 2 N–H and O–H groups in total. The summed E-state index contributed by atoms with van der Waals surface area (Å²) in [4.78, 5) is 24.8. The Labute approximate surface area is 181 Å². The summed E-state index contributed by atoms with van der Waals surface area (Å²) >= 11 is 3.40. The molecule has 0 radical (unpaired) electrons. The van der Waals surface area contributed by atoms with E-state index in [-0.39, 0.29) is 23.3 Å². The molecule has 0 spiro atoms. The number of hydrogen-bond acceptors (Lipinski definition) is 4. The predicted octanol–water partition coefficient (Wildman–Crippen LogP) is 6.12. The van der Waals surface area contributed by atoms with Crippen molar-refractivity contribution < 1.29 is 18.4 Å². The van der Waals surface area contributed by atoms with Gasteiger partial charge in [-0.15, -0.1) is 0 Å². The maximum atomic E-state index is 12.7. The summed E-state index contributed by atoms with van der Waals surface area (Å²) in [5, 5.41) is 5.58. The van der Waals surface area contributed by atoms with Gasteiger partial charge in [0.1, 0.15) is 5.76 Å². The smallest absolute Gasteiger partial charge is 0.291 e. The fourth-order valence-corrected chi connectivity index (χ4v) is 3.11. The minimum Gasteiger partial charge on any atom is -0.459 e. The molecule has 0 fully saturated rings. The summed E-state index contributed by atoms with van der Waals surface area (Å²) in [5.41, 5.74) is 2.82. The van der Waals surface area contributed by atoms with Crippen molar-refractivity contribution in [3.63, 3.8) is 0 Å². The van der Waals surface area contributed by atoms with Gasteiger partial charge in [0.2, 0.25) is 0 Å². The fraction of sp³-hybridized carbons (Fsp3) is 0.0435. The fourth-order valence-electron chi connectivity index (χ4n) is 2.85. The average molecular weight is 465 g/mol. The largest absolute Gasteiger partial charge is 0.459 e. The number of rotatable bonds is 5. The zero-order valence-corrected chi connectivity index (χ0v) is 17.5. The average Bonchev–Trinajstić information content (AvgIpc) is 3.43. The Bertz CT molecular complexity index is 1190. The number of aryl methyl sites for hydroxylation is 1. The molecule has 0 saturated carbocycles. The summed E-state index contributed by atoms with van der Waals surface area (Å²) in [6.45, 7) is 1.86. The zero-order valence-electron chi connectivity index (χ0n) is 15.9. The lowest BCUT2D eigenvalue weighted by Crippen LogP contribution is -2.14. The van der Waals surface area contributed by atoms with Crippen molar-refractivity contribution in [1.29, 1.82) is 0 Å². The second kappa shape index (κ2) is 8.42. The van der Waals surface area contributed by atoms with E-state index in [0.29, 0.717) is 17.1 Å². The summed E-state index contributed by atoms with van der Waals surface area (Å²) in [6, 6.07) is 19.5. The predicted molar refractivity (Wildman–Crippen MR) is 118 cm³/mol. The highest BCUT2D eigenvalue weighted by atomic mass is 79.9. The lowest BCUT2D eigenvalue weighted by atomic mass is 10.1. The molecule has 0 saturated heterocycles. The maximum Gasteiger partial charge on any atom is 0.291 e. The van der Waals surface area contributed by atoms with Gasteiger partial charge in [0.25, 0.3) is 11.8 Å². The van der Waals surface area contributed by atoms with Gasteiger partial charge in [0, 0.05) is 21.4 Å². The summed E-state index contributed by atoms with van der Waals surface area (Å²) < 4.78 is 11.8. The molecule has 6 nitrogen and oxygen atoms in total. The molecule has 4 rings (SSSR count). The Kier molecular flexibility index (Phi) is 5.54. The molecule has 7 heteroatoms. The first-order valence-corrected chi connectivity index (χ1v) is 9.91. The molecule has 0 aliphatic heterocycles. The number of benzene rings is 2. The van der Waals surface area contributed by atoms with Gasteiger partial charge in [-0.25, -0.2) is 0 Å². The van der Waals surface area contributed by atoms with E-state index in [2.05, 4.69) is 26.6 Å². The number of carbonyl (C=O) groups excluding carboxylic acids is 2. The van der Waals surface area contributed by atoms with Crippen LogP contribution in [0.15, 0.2) is 86.3 Å². The van der Waals surface area contributed by atoms with Crippen LogP contribution < -0.4 is 10.6 Å². The molecular weight excluding hydrogens is 448 g/mol. The maximum absolute atomic E-state index is 12.7. The highest BCUT2D eigenvalue weighted by Crippen LogP contribution is 2.26. The molecule has 2 aromatic heterocycles. The molecule has 2 amide bonds. The molecule has 150 valence electrons. The van der Waals surface area contributed by atoms with E-state index in [4.69, 9.17) is 8.83 Å². The normalized spacial score (nSPS) is 10.6. The van der Waals surface area contributed by atoms with Crippen LogP contribution in [0.3, 0.4) is 0 Å². The number of halogens is 1. The monoisotopic (exact) mass is 464 g/mol. The van der Waals surface area contributed by atoms with E-state index < -0.39 is 0 Å². The van der Waals surface area contributed by atoms with Crippen LogP contribution in [0.1, 0.15) is 26.7 Å². The third-order valence-corrected chi connectivity index (χ3v) is 4.98. The van der Waals surface area contributed by atoms with E-state index in [1.165, 1.54) is 6.26 Å². The zero-order chi connectivity index (χ0) is 21.1. The molecule has 2 aromatic carbocycles. The SMILES string of the molecule is Cc1ccc(NC(=O)c2ccco2)cc1NC(=O)c1ccc(-c2ccc(Br)cc2)o1. The van der Waals surface area contributed by atoms with Crippen LogP contribution in [0.25, 0.3) is 11.3 Å². The number of furan rings is 2. The topological polar surface area (TPSA) is 84.5 Å². The van der Waals surface area contributed by atoms with Crippen LogP contribution in [0.5, 0.6) is 0 Å². The van der Waals surface area contributed by atoms with Gasteiger partial charge in [-0.2, -0.15) is 0 Å². The first-order chi connectivity index (χ1) is 14.5. The van der Waals surface area contributed by atoms with Gasteiger partial charge in [-0.3, -0.25) is 9.59 Å². The summed E-state index contributed by atoms with van der Waals surface area (Å²) in [6.07, 6.45) is 1.43. The second-order valence-electron chi connectivity index (χ2n) is 6.59. The van der Waals surface area contributed by atoms with Gasteiger partial charge in [-0.05, 0) is 61.0 Å². The molecule has 0 unspecified atom stereocenters. The summed E-state index contributed by atoms with van der Waals surface area (Å²) in [7, 11) is 0. The van der Waals surface area contributed by atoms with Crippen molar-refractivity contribution >= 4 is 39.1 Å². The van der Waals surface area contributed by atoms with Crippen molar-refractivity contribution in [2.45, 2.75) is 6.92 Å². The van der Waals surface area contributed by atoms with Crippen LogP contribution >= 0.6 is 15.9 Å². The Morgan fingerprint density at radius 3 is 2.37 bits per heavy atom. The van der Waals surface area contributed by atoms with Gasteiger partial charge in [-0.1, -0.05) is 34.1 Å². The Morgan fingerprint density at radius 2 is 1.63 bits per heavy atom. The molecule has 0 aliphatic rings. The molecule has 4 aromatic rings. The van der Waals surface area contributed by atoms with Crippen LogP contribution in [0.2, 0.25) is 0 Å². The molecular formula is C23H17BrN2O4. The highest BCUT2D eigenvalue weighted by molar-refractivity contribution is 9.10. The molecule has 30 heavy (non-hydrogen) atoms. The standard InChI is InChI=1S/C23H17BrN2O4/c1-14-4-9-17(25-22(27)20-3-2-12-29-20)13-18(14)26-23(28)21-11-10-19(30-21)15-5-7-16(24)8-6-15/h2-13H,1H3,(H,25,27)(H,26,28). The minimum absolute atomic E-state index is 0.192. The van der Waals surface area contributed by atoms with E-state index in [1.54, 1.807) is 36.4 Å². The van der Waals surface area contributed by atoms with Crippen LogP contribution in [-0.2, 0) is 0 Å². The number of hydrogen-bond donors (Lipinski definition) is 2. The van der Waals surface area contributed by atoms with Gasteiger partial charge >= 0.3 is 0 Å². The van der Waals surface area contributed by atoms with Crippen molar-refractivity contribution in [2.75, 3.05) is 10.6 Å². The van der Waals surface area contributed by atoms with Gasteiger partial charge < -0.3 is 19.5 Å². The van der Waals surface area contributed by atoms with E-state index in [9.17, 15) is 9.59 Å². The first-order valence-electron chi connectivity index (χ1n) is 9.12. The number of anilines is 2. The summed E-state index contributed by atoms with van der Waals surface area (Å²) in [5.74, 6) is 0.251. The van der Waals surface area contributed by atoms with Crippen molar-refractivity contribution in [2.24, 2.45) is 0 Å². The minimum atomic E-state index is -0.379. The molecule has 0 atom stereocenters. The Hall–Kier alpha value is -3.58. The van der Waals surface area contributed by atoms with Crippen molar-refractivity contribution in [3.05, 3.63) is 94.5 Å². The number of carbonyl (C=O) groups is 2. The van der Waals surface area contributed by atoms with Crippen molar-refractivity contribution in [1.82, 2.24) is 0 Å². The first kappa shape index (κ1) is 19.7. The second-order valence-corrected chi connectivity index (χ2v) is 7.50. The van der Waals surface area contributed by atoms with Crippen LogP contribution in [0, 0.1) is 6.92 Å². The van der Waals surface area contributed by atoms with Crippen molar-refractivity contribution in [3.8, 4) is 11.3 Å². The lowest BCUT2D eigenvalue weighted by Gasteiger charge is -2.10. The van der Waals surface area contributed by atoms with Gasteiger partial charge in [0.05, 0.1) is 6.26 Å². The lowest BCUT2D eigenvalue weighted by molar-refractivity contribution is 0.0990. The van der Waals surface area contributed by atoms with E-state index in [1.807, 2.05) is 37.3 Å². The van der Waals surface area contributed by atoms with Crippen LogP contribution in [-0.4, -0.2) is 11.8 Å². The Balaban J connectivity index is 1.49. The van der Waals surface area contributed by atoms with Crippen LogP contribution in [0.4, 0.5) is 11.4 Å². The molecule has 0 bridgehead atoms. The molecule has 2 heterocycles. The van der Waals surface area contributed by atoms with E-state index >= 15 is 0 Å². The number of amides is 2. The third kappa shape index (κ3) is 4.36.